The van der Waals surface area contributed by atoms with E-state index in [0.717, 1.165) is 46.4 Å². The second-order valence-electron chi connectivity index (χ2n) is 6.23. The molecule has 2 N–H and O–H groups in total. The molecule has 0 amide bonds. The minimum absolute atomic E-state index is 0.0302. The highest BCUT2D eigenvalue weighted by molar-refractivity contribution is 6.13. The van der Waals surface area contributed by atoms with Gasteiger partial charge >= 0.3 is 5.97 Å². The summed E-state index contributed by atoms with van der Waals surface area (Å²) < 4.78 is 5.45. The summed E-state index contributed by atoms with van der Waals surface area (Å²) in [6, 6.07) is 15.9. The van der Waals surface area contributed by atoms with Crippen LogP contribution < -0.4 is 5.73 Å². The molecule has 0 saturated carbocycles. The highest BCUT2D eigenvalue weighted by Gasteiger charge is 2.44. The van der Waals surface area contributed by atoms with Gasteiger partial charge in [-0.05, 0) is 47.7 Å². The monoisotopic (exact) mass is 321 g/mol. The lowest BCUT2D eigenvalue weighted by Crippen LogP contribution is -2.05. The Kier molecular flexibility index (Phi) is 4.70. The molecule has 0 fully saturated rings. The normalized spacial score (nSPS) is 16.2. The Labute approximate surface area is 143 Å². The first-order valence-electron chi connectivity index (χ1n) is 8.46. The van der Waals surface area contributed by atoms with E-state index < -0.39 is 0 Å². The van der Waals surface area contributed by atoms with Gasteiger partial charge in [-0.15, -0.1) is 0 Å². The molecule has 1 unspecified atom stereocenters. The first kappa shape index (κ1) is 16.3. The number of benzene rings is 2. The van der Waals surface area contributed by atoms with E-state index in [1.54, 1.807) is 0 Å². The summed E-state index contributed by atoms with van der Waals surface area (Å²) in [5, 5.41) is 0. The first-order chi connectivity index (χ1) is 11.6. The number of esters is 1. The maximum Gasteiger partial charge on any atom is 0.335 e. The van der Waals surface area contributed by atoms with Gasteiger partial charge in [-0.1, -0.05) is 49.7 Å². The number of unbranched alkanes of at least 4 members (excludes halogenated alkanes) is 1. The molecule has 0 saturated heterocycles. The molecular weight excluding hydrogens is 298 g/mol. The largest absolute Gasteiger partial charge is 0.462 e. The van der Waals surface area contributed by atoms with Crippen molar-refractivity contribution in [3.05, 3.63) is 70.8 Å². The van der Waals surface area contributed by atoms with E-state index in [-0.39, 0.29) is 11.9 Å². The van der Waals surface area contributed by atoms with Crippen LogP contribution in [0.2, 0.25) is 0 Å². The molecule has 24 heavy (non-hydrogen) atoms. The Morgan fingerprint density at radius 3 is 2.58 bits per heavy atom. The summed E-state index contributed by atoms with van der Waals surface area (Å²) >= 11 is 0. The maximum atomic E-state index is 12.5. The van der Waals surface area contributed by atoms with Gasteiger partial charge in [0.05, 0.1) is 12.2 Å². The van der Waals surface area contributed by atoms with Crippen LogP contribution in [0.1, 0.15) is 42.4 Å². The Morgan fingerprint density at radius 1 is 1.17 bits per heavy atom. The van der Waals surface area contributed by atoms with E-state index in [1.807, 2.05) is 43.3 Å². The molecule has 124 valence electrons. The number of nitrogen functional groups attached to an aromatic ring is 1. The predicted molar refractivity (Wildman–Crippen MR) is 97.6 cm³/mol. The number of rotatable bonds is 6. The molecule has 1 aliphatic carbocycles. The van der Waals surface area contributed by atoms with Crippen molar-refractivity contribution in [1.82, 2.24) is 0 Å². The standard InChI is InChI=1S/C21H23NO2/c1-3-4-12-24-21(23)20-18(15-8-6-5-7-9-15)19(20)17-11-10-16(22)13-14(17)2/h5-11,13,18H,3-4,12,22H2,1-2H3. The molecule has 0 aromatic heterocycles. The van der Waals surface area contributed by atoms with Crippen LogP contribution in [0, 0.1) is 6.92 Å². The summed E-state index contributed by atoms with van der Waals surface area (Å²) in [5.74, 6) is -0.161. The first-order valence-corrected chi connectivity index (χ1v) is 8.46. The van der Waals surface area contributed by atoms with Crippen molar-refractivity contribution in [3.8, 4) is 0 Å². The maximum absolute atomic E-state index is 12.5. The SMILES string of the molecule is CCCCOC(=O)C1=C(c2ccc(N)cc2C)C1c1ccccc1. The molecule has 1 aliphatic rings. The van der Waals surface area contributed by atoms with Gasteiger partial charge in [0.15, 0.2) is 0 Å². The number of carbonyl (C=O) groups is 1. The van der Waals surface area contributed by atoms with Gasteiger partial charge < -0.3 is 10.5 Å². The average molecular weight is 321 g/mol. The van der Waals surface area contributed by atoms with Gasteiger partial charge in [0.25, 0.3) is 0 Å². The number of aryl methyl sites for hydroxylation is 1. The highest BCUT2D eigenvalue weighted by Crippen LogP contribution is 2.55. The summed E-state index contributed by atoms with van der Waals surface area (Å²) in [6.45, 7) is 4.59. The Bertz CT molecular complexity index is 778. The van der Waals surface area contributed by atoms with E-state index in [0.29, 0.717) is 6.61 Å². The van der Waals surface area contributed by atoms with Gasteiger partial charge in [0, 0.05) is 11.6 Å². The van der Waals surface area contributed by atoms with Crippen molar-refractivity contribution in [1.29, 1.82) is 0 Å². The second kappa shape index (κ2) is 6.91. The van der Waals surface area contributed by atoms with Crippen LogP contribution in [0.25, 0.3) is 5.57 Å². The Balaban J connectivity index is 1.92. The smallest absolute Gasteiger partial charge is 0.335 e. The molecule has 3 heteroatoms. The van der Waals surface area contributed by atoms with Crippen LogP contribution in [0.5, 0.6) is 0 Å². The summed E-state index contributed by atoms with van der Waals surface area (Å²) in [5.41, 5.74) is 11.8. The minimum Gasteiger partial charge on any atom is -0.462 e. The third-order valence-electron chi connectivity index (χ3n) is 4.41. The summed E-state index contributed by atoms with van der Waals surface area (Å²) in [6.07, 6.45) is 1.91. The van der Waals surface area contributed by atoms with E-state index in [1.165, 1.54) is 0 Å². The van der Waals surface area contributed by atoms with Crippen LogP contribution in [-0.4, -0.2) is 12.6 Å². The molecule has 0 spiro atoms. The van der Waals surface area contributed by atoms with Gasteiger partial charge in [-0.3, -0.25) is 0 Å². The molecule has 0 aliphatic heterocycles. The lowest BCUT2D eigenvalue weighted by molar-refractivity contribution is -0.138. The molecule has 3 nitrogen and oxygen atoms in total. The van der Waals surface area contributed by atoms with Crippen molar-refractivity contribution in [2.24, 2.45) is 0 Å². The molecular formula is C21H23NO2. The van der Waals surface area contributed by atoms with E-state index in [4.69, 9.17) is 10.5 Å². The van der Waals surface area contributed by atoms with Gasteiger partial charge in [-0.2, -0.15) is 0 Å². The lowest BCUT2D eigenvalue weighted by Gasteiger charge is -2.06. The topological polar surface area (TPSA) is 52.3 Å². The highest BCUT2D eigenvalue weighted by atomic mass is 16.5. The predicted octanol–water partition coefficient (Wildman–Crippen LogP) is 4.47. The van der Waals surface area contributed by atoms with Crippen molar-refractivity contribution in [2.75, 3.05) is 12.3 Å². The van der Waals surface area contributed by atoms with Crippen LogP contribution in [0.4, 0.5) is 5.69 Å². The molecule has 3 rings (SSSR count). The van der Waals surface area contributed by atoms with Crippen molar-refractivity contribution in [2.45, 2.75) is 32.6 Å². The van der Waals surface area contributed by atoms with E-state index in [2.05, 4.69) is 19.1 Å². The number of hydrogen-bond donors (Lipinski definition) is 1. The summed E-state index contributed by atoms with van der Waals surface area (Å²) in [4.78, 5) is 12.5. The molecule has 2 aromatic carbocycles. The molecule has 2 aromatic rings. The number of allylic oxidation sites excluding steroid dienone is 1. The van der Waals surface area contributed by atoms with E-state index >= 15 is 0 Å². The van der Waals surface area contributed by atoms with Gasteiger partial charge in [-0.25, -0.2) is 4.79 Å². The quantitative estimate of drug-likeness (QED) is 0.485. The van der Waals surface area contributed by atoms with E-state index in [9.17, 15) is 4.79 Å². The number of anilines is 1. The van der Waals surface area contributed by atoms with Gasteiger partial charge in [0.1, 0.15) is 0 Å². The van der Waals surface area contributed by atoms with Crippen molar-refractivity contribution >= 4 is 17.2 Å². The van der Waals surface area contributed by atoms with Crippen molar-refractivity contribution in [3.63, 3.8) is 0 Å². The fourth-order valence-electron chi connectivity index (χ4n) is 3.11. The number of ether oxygens (including phenoxy) is 1. The van der Waals surface area contributed by atoms with Crippen LogP contribution in [0.15, 0.2) is 54.1 Å². The minimum atomic E-state index is -0.191. The summed E-state index contributed by atoms with van der Waals surface area (Å²) in [7, 11) is 0. The zero-order chi connectivity index (χ0) is 17.1. The Hall–Kier alpha value is -2.55. The van der Waals surface area contributed by atoms with Crippen molar-refractivity contribution < 1.29 is 9.53 Å². The van der Waals surface area contributed by atoms with Crippen LogP contribution in [0.3, 0.4) is 0 Å². The number of nitrogens with two attached hydrogens (primary N) is 1. The molecule has 0 heterocycles. The van der Waals surface area contributed by atoms with Gasteiger partial charge in [0.2, 0.25) is 0 Å². The van der Waals surface area contributed by atoms with Crippen LogP contribution >= 0.6 is 0 Å². The second-order valence-corrected chi connectivity index (χ2v) is 6.23. The zero-order valence-corrected chi connectivity index (χ0v) is 14.2. The molecule has 1 atom stereocenters. The third-order valence-corrected chi connectivity index (χ3v) is 4.41. The lowest BCUT2D eigenvalue weighted by atomic mass is 9.99. The van der Waals surface area contributed by atoms with Crippen LogP contribution in [-0.2, 0) is 9.53 Å². The fraction of sp³-hybridized carbons (Fsp3) is 0.286. The zero-order valence-electron chi connectivity index (χ0n) is 14.2. The Morgan fingerprint density at radius 2 is 1.92 bits per heavy atom. The third kappa shape index (κ3) is 3.21. The number of hydrogen-bond acceptors (Lipinski definition) is 3. The number of carbonyl (C=O) groups excluding carboxylic acids is 1. The average Bonchev–Trinajstić information content (AvgIpc) is 3.31. The fourth-order valence-corrected chi connectivity index (χ4v) is 3.11. The molecule has 0 radical (unpaired) electrons. The molecule has 0 bridgehead atoms.